The van der Waals surface area contributed by atoms with Gasteiger partial charge in [0.1, 0.15) is 0 Å². The van der Waals surface area contributed by atoms with Crippen molar-refractivity contribution in [1.29, 1.82) is 0 Å². The number of hydrogen-bond donors (Lipinski definition) is 2. The molecular formula is C10H15NS. The van der Waals surface area contributed by atoms with Gasteiger partial charge in [0.2, 0.25) is 0 Å². The molecule has 0 aliphatic carbocycles. The lowest BCUT2D eigenvalue weighted by Crippen LogP contribution is -2.16. The van der Waals surface area contributed by atoms with Crippen molar-refractivity contribution >= 4 is 12.6 Å². The second-order valence-corrected chi connectivity index (χ2v) is 3.27. The molecule has 1 aromatic carbocycles. The Morgan fingerprint density at radius 2 is 2.08 bits per heavy atom. The van der Waals surface area contributed by atoms with Crippen molar-refractivity contribution in [2.24, 2.45) is 0 Å². The van der Waals surface area contributed by atoms with Crippen molar-refractivity contribution in [1.82, 2.24) is 5.32 Å². The van der Waals surface area contributed by atoms with Crippen LogP contribution in [0.15, 0.2) is 24.3 Å². The molecule has 0 spiro atoms. The van der Waals surface area contributed by atoms with Crippen LogP contribution in [-0.2, 0) is 6.54 Å². The van der Waals surface area contributed by atoms with Crippen LogP contribution in [0.4, 0.5) is 0 Å². The van der Waals surface area contributed by atoms with Crippen LogP contribution in [-0.4, -0.2) is 12.3 Å². The highest BCUT2D eigenvalue weighted by atomic mass is 32.1. The van der Waals surface area contributed by atoms with Crippen LogP contribution in [0, 0.1) is 6.92 Å². The monoisotopic (exact) mass is 181 g/mol. The maximum absolute atomic E-state index is 4.13. The number of nitrogens with one attached hydrogen (secondary N) is 1. The van der Waals surface area contributed by atoms with E-state index >= 15 is 0 Å². The highest BCUT2D eigenvalue weighted by Crippen LogP contribution is 2.05. The molecular weight excluding hydrogens is 166 g/mol. The van der Waals surface area contributed by atoms with Gasteiger partial charge in [-0.05, 0) is 18.1 Å². The van der Waals surface area contributed by atoms with E-state index in [0.717, 1.165) is 18.8 Å². The third kappa shape index (κ3) is 2.88. The predicted octanol–water partition coefficient (Wildman–Crippen LogP) is 2.01. The average molecular weight is 181 g/mol. The number of rotatable bonds is 4. The fourth-order valence-electron chi connectivity index (χ4n) is 1.11. The molecule has 1 nitrogen and oxygen atoms in total. The van der Waals surface area contributed by atoms with E-state index in [1.54, 1.807) is 0 Å². The van der Waals surface area contributed by atoms with Crippen molar-refractivity contribution in [3.8, 4) is 0 Å². The number of aryl methyl sites for hydroxylation is 1. The highest BCUT2D eigenvalue weighted by molar-refractivity contribution is 7.80. The first-order valence-electron chi connectivity index (χ1n) is 4.20. The van der Waals surface area contributed by atoms with Crippen molar-refractivity contribution < 1.29 is 0 Å². The minimum Gasteiger partial charge on any atom is -0.312 e. The first kappa shape index (κ1) is 9.62. The van der Waals surface area contributed by atoms with Gasteiger partial charge in [-0.15, -0.1) is 0 Å². The normalized spacial score (nSPS) is 10.2. The van der Waals surface area contributed by atoms with E-state index in [1.807, 2.05) is 0 Å². The summed E-state index contributed by atoms with van der Waals surface area (Å²) in [6.07, 6.45) is 0. The molecule has 0 aliphatic rings. The Hall–Kier alpha value is -0.470. The summed E-state index contributed by atoms with van der Waals surface area (Å²) in [5.74, 6) is 0.895. The van der Waals surface area contributed by atoms with Gasteiger partial charge in [0.05, 0.1) is 0 Å². The summed E-state index contributed by atoms with van der Waals surface area (Å²) in [4.78, 5) is 0. The number of thiol groups is 1. The molecule has 0 unspecified atom stereocenters. The zero-order valence-corrected chi connectivity index (χ0v) is 8.27. The topological polar surface area (TPSA) is 12.0 Å². The molecule has 0 amide bonds. The van der Waals surface area contributed by atoms with Gasteiger partial charge in [0, 0.05) is 18.8 Å². The van der Waals surface area contributed by atoms with E-state index in [2.05, 4.69) is 49.1 Å². The van der Waals surface area contributed by atoms with Crippen molar-refractivity contribution in [2.75, 3.05) is 12.3 Å². The highest BCUT2D eigenvalue weighted by Gasteiger charge is 1.94. The Kier molecular flexibility index (Phi) is 4.19. The Morgan fingerprint density at radius 1 is 1.33 bits per heavy atom. The Morgan fingerprint density at radius 3 is 2.75 bits per heavy atom. The van der Waals surface area contributed by atoms with Crippen molar-refractivity contribution in [3.63, 3.8) is 0 Å². The SMILES string of the molecule is Cc1ccccc1CNCCS. The van der Waals surface area contributed by atoms with Gasteiger partial charge in [-0.3, -0.25) is 0 Å². The zero-order chi connectivity index (χ0) is 8.81. The molecule has 0 aliphatic heterocycles. The Balaban J connectivity index is 2.46. The summed E-state index contributed by atoms with van der Waals surface area (Å²) in [6.45, 7) is 4.06. The summed E-state index contributed by atoms with van der Waals surface area (Å²) in [6, 6.07) is 8.43. The smallest absolute Gasteiger partial charge is 0.0208 e. The predicted molar refractivity (Wildman–Crippen MR) is 56.7 cm³/mol. The minimum atomic E-state index is 0.895. The molecule has 2 heteroatoms. The van der Waals surface area contributed by atoms with Crippen LogP contribution < -0.4 is 5.32 Å². The summed E-state index contributed by atoms with van der Waals surface area (Å²) in [5.41, 5.74) is 2.73. The molecule has 0 atom stereocenters. The molecule has 0 saturated carbocycles. The van der Waals surface area contributed by atoms with E-state index in [-0.39, 0.29) is 0 Å². The lowest BCUT2D eigenvalue weighted by molar-refractivity contribution is 0.729. The maximum Gasteiger partial charge on any atom is 0.0208 e. The molecule has 0 bridgehead atoms. The van der Waals surface area contributed by atoms with Crippen LogP contribution in [0.2, 0.25) is 0 Å². The van der Waals surface area contributed by atoms with Gasteiger partial charge in [0.15, 0.2) is 0 Å². The van der Waals surface area contributed by atoms with E-state index in [9.17, 15) is 0 Å². The van der Waals surface area contributed by atoms with Crippen LogP contribution in [0.5, 0.6) is 0 Å². The molecule has 0 radical (unpaired) electrons. The van der Waals surface area contributed by atoms with E-state index in [0.29, 0.717) is 0 Å². The summed E-state index contributed by atoms with van der Waals surface area (Å²) >= 11 is 4.13. The quantitative estimate of drug-likeness (QED) is 0.535. The second-order valence-electron chi connectivity index (χ2n) is 2.83. The van der Waals surface area contributed by atoms with Crippen LogP contribution >= 0.6 is 12.6 Å². The Labute approximate surface area is 79.6 Å². The standard InChI is InChI=1S/C10H15NS/c1-9-4-2-3-5-10(9)8-11-6-7-12/h2-5,11-12H,6-8H2,1H3. The fourth-order valence-corrected chi connectivity index (χ4v) is 1.27. The molecule has 0 saturated heterocycles. The molecule has 1 N–H and O–H groups in total. The lowest BCUT2D eigenvalue weighted by atomic mass is 10.1. The minimum absolute atomic E-state index is 0.895. The van der Waals surface area contributed by atoms with E-state index in [4.69, 9.17) is 0 Å². The van der Waals surface area contributed by atoms with E-state index in [1.165, 1.54) is 11.1 Å². The van der Waals surface area contributed by atoms with Gasteiger partial charge >= 0.3 is 0 Å². The second kappa shape index (κ2) is 5.22. The average Bonchev–Trinajstić information content (AvgIpc) is 2.09. The number of benzene rings is 1. The Bertz CT molecular complexity index is 235. The van der Waals surface area contributed by atoms with Gasteiger partial charge < -0.3 is 5.32 Å². The largest absolute Gasteiger partial charge is 0.312 e. The van der Waals surface area contributed by atoms with Gasteiger partial charge in [-0.1, -0.05) is 24.3 Å². The first-order chi connectivity index (χ1) is 5.84. The van der Waals surface area contributed by atoms with Gasteiger partial charge in [-0.2, -0.15) is 12.6 Å². The molecule has 0 fully saturated rings. The van der Waals surface area contributed by atoms with Crippen LogP contribution in [0.25, 0.3) is 0 Å². The molecule has 0 aromatic heterocycles. The van der Waals surface area contributed by atoms with Gasteiger partial charge in [-0.25, -0.2) is 0 Å². The third-order valence-corrected chi connectivity index (χ3v) is 2.09. The molecule has 66 valence electrons. The van der Waals surface area contributed by atoms with Crippen LogP contribution in [0.1, 0.15) is 11.1 Å². The summed E-state index contributed by atoms with van der Waals surface area (Å²) in [7, 11) is 0. The number of hydrogen-bond acceptors (Lipinski definition) is 2. The van der Waals surface area contributed by atoms with E-state index < -0.39 is 0 Å². The fraction of sp³-hybridized carbons (Fsp3) is 0.400. The lowest BCUT2D eigenvalue weighted by Gasteiger charge is -2.05. The summed E-state index contributed by atoms with van der Waals surface area (Å²) < 4.78 is 0. The zero-order valence-electron chi connectivity index (χ0n) is 7.38. The van der Waals surface area contributed by atoms with Crippen LogP contribution in [0.3, 0.4) is 0 Å². The van der Waals surface area contributed by atoms with Crippen molar-refractivity contribution in [3.05, 3.63) is 35.4 Å². The third-order valence-electron chi connectivity index (χ3n) is 1.87. The molecule has 1 rings (SSSR count). The maximum atomic E-state index is 4.13. The summed E-state index contributed by atoms with van der Waals surface area (Å²) in [5, 5.41) is 3.32. The molecule has 0 heterocycles. The molecule has 1 aromatic rings. The first-order valence-corrected chi connectivity index (χ1v) is 4.84. The molecule has 12 heavy (non-hydrogen) atoms. The van der Waals surface area contributed by atoms with Crippen molar-refractivity contribution in [2.45, 2.75) is 13.5 Å². The van der Waals surface area contributed by atoms with Gasteiger partial charge in [0.25, 0.3) is 0 Å².